The molecule has 6 nitrogen and oxygen atoms in total. The lowest BCUT2D eigenvalue weighted by atomic mass is 10.1. The lowest BCUT2D eigenvalue weighted by Gasteiger charge is -2.09. The van der Waals surface area contributed by atoms with Gasteiger partial charge in [-0.2, -0.15) is 0 Å². The smallest absolute Gasteiger partial charge is 0.344 e. The van der Waals surface area contributed by atoms with Gasteiger partial charge in [-0.3, -0.25) is 4.79 Å². The molecule has 5 aromatic rings. The molecule has 0 saturated heterocycles. The minimum atomic E-state index is -0.401. The molecule has 0 fully saturated rings. The fraction of sp³-hybridized carbons (Fsp3) is 0.120. The van der Waals surface area contributed by atoms with Gasteiger partial charge >= 0.3 is 5.63 Å². The van der Waals surface area contributed by atoms with Crippen molar-refractivity contribution in [3.8, 4) is 5.75 Å². The van der Waals surface area contributed by atoms with Crippen molar-refractivity contribution in [2.75, 3.05) is 13.2 Å². The molecule has 0 bridgehead atoms. The van der Waals surface area contributed by atoms with Gasteiger partial charge in [0, 0.05) is 40.1 Å². The molecule has 0 aliphatic rings. The summed E-state index contributed by atoms with van der Waals surface area (Å²) < 4.78 is 11.0. The van der Waals surface area contributed by atoms with Gasteiger partial charge in [0.2, 0.25) is 0 Å². The topological polar surface area (TPSA) is 84.3 Å². The van der Waals surface area contributed by atoms with Gasteiger partial charge in [-0.25, -0.2) is 4.79 Å². The van der Waals surface area contributed by atoms with E-state index in [1.54, 1.807) is 24.3 Å². The van der Waals surface area contributed by atoms with Crippen LogP contribution in [0.1, 0.15) is 5.56 Å². The molecule has 2 heterocycles. The second-order valence-electron chi connectivity index (χ2n) is 7.49. The van der Waals surface area contributed by atoms with Crippen LogP contribution in [0.3, 0.4) is 0 Å². The Hall–Kier alpha value is -3.77. The first-order chi connectivity index (χ1) is 15.6. The highest BCUT2D eigenvalue weighted by atomic mass is 35.5. The van der Waals surface area contributed by atoms with E-state index in [-0.39, 0.29) is 12.5 Å². The Bertz CT molecular complexity index is 1520. The van der Waals surface area contributed by atoms with Crippen LogP contribution in [-0.4, -0.2) is 24.0 Å². The molecular weight excluding hydrogens is 428 g/mol. The second kappa shape index (κ2) is 8.40. The van der Waals surface area contributed by atoms with Crippen LogP contribution in [-0.2, 0) is 11.2 Å². The molecule has 7 heteroatoms. The van der Waals surface area contributed by atoms with Crippen molar-refractivity contribution in [2.45, 2.75) is 6.42 Å². The minimum Gasteiger partial charge on any atom is -0.484 e. The number of amides is 1. The minimum absolute atomic E-state index is 0.136. The van der Waals surface area contributed by atoms with Crippen molar-refractivity contribution in [3.05, 3.63) is 87.9 Å². The van der Waals surface area contributed by atoms with Gasteiger partial charge in [-0.15, -0.1) is 0 Å². The molecule has 2 aromatic heterocycles. The quantitative estimate of drug-likeness (QED) is 0.289. The third-order valence-corrected chi connectivity index (χ3v) is 5.64. The lowest BCUT2D eigenvalue weighted by Crippen LogP contribution is -2.30. The first kappa shape index (κ1) is 20.2. The van der Waals surface area contributed by atoms with Gasteiger partial charge in [0.1, 0.15) is 11.3 Å². The molecule has 0 unspecified atom stereocenters. The van der Waals surface area contributed by atoms with E-state index < -0.39 is 5.63 Å². The van der Waals surface area contributed by atoms with Gasteiger partial charge in [-0.05, 0) is 53.8 Å². The van der Waals surface area contributed by atoms with E-state index in [4.69, 9.17) is 20.8 Å². The first-order valence-corrected chi connectivity index (χ1v) is 10.6. The summed E-state index contributed by atoms with van der Waals surface area (Å²) in [6.45, 7) is 0.337. The number of aromatic nitrogens is 1. The summed E-state index contributed by atoms with van der Waals surface area (Å²) in [4.78, 5) is 27.6. The summed E-state index contributed by atoms with van der Waals surface area (Å²) in [5.41, 5.74) is 2.11. The maximum Gasteiger partial charge on any atom is 0.344 e. The standard InChI is InChI=1S/C25H19ClN2O4/c26-16-5-8-22-21(11-16)15(13-28-22)9-10-27-24(29)14-31-17-6-7-19-18-3-1-2-4-20(18)25(30)32-23(19)12-17/h1-8,11-13,28H,9-10,14H2,(H,27,29). The summed E-state index contributed by atoms with van der Waals surface area (Å²) in [7, 11) is 0. The Morgan fingerprint density at radius 2 is 1.84 bits per heavy atom. The van der Waals surface area contributed by atoms with Crippen molar-refractivity contribution >= 4 is 50.2 Å². The van der Waals surface area contributed by atoms with Crippen molar-refractivity contribution in [2.24, 2.45) is 0 Å². The van der Waals surface area contributed by atoms with Gasteiger partial charge in [0.05, 0.1) is 5.39 Å². The Balaban J connectivity index is 1.21. The summed E-state index contributed by atoms with van der Waals surface area (Å²) in [5, 5.41) is 6.75. The van der Waals surface area contributed by atoms with Crippen LogP contribution in [0.15, 0.2) is 76.1 Å². The van der Waals surface area contributed by atoms with Crippen molar-refractivity contribution in [3.63, 3.8) is 0 Å². The highest BCUT2D eigenvalue weighted by Crippen LogP contribution is 2.26. The number of ether oxygens (including phenoxy) is 1. The molecule has 3 aromatic carbocycles. The highest BCUT2D eigenvalue weighted by Gasteiger charge is 2.10. The van der Waals surface area contributed by atoms with Crippen molar-refractivity contribution in [1.82, 2.24) is 10.3 Å². The molecule has 2 N–H and O–H groups in total. The normalized spacial score (nSPS) is 11.3. The van der Waals surface area contributed by atoms with Crippen LogP contribution >= 0.6 is 11.6 Å². The first-order valence-electron chi connectivity index (χ1n) is 10.2. The number of halogens is 1. The molecule has 0 saturated carbocycles. The van der Waals surface area contributed by atoms with Gasteiger partial charge in [0.25, 0.3) is 5.91 Å². The molecule has 0 atom stereocenters. The molecule has 0 aliphatic heterocycles. The van der Waals surface area contributed by atoms with E-state index >= 15 is 0 Å². The van der Waals surface area contributed by atoms with Gasteiger partial charge < -0.3 is 19.5 Å². The number of rotatable bonds is 6. The van der Waals surface area contributed by atoms with Gasteiger partial charge in [0.15, 0.2) is 6.61 Å². The van der Waals surface area contributed by atoms with E-state index in [1.165, 1.54) is 0 Å². The number of hydrogen-bond acceptors (Lipinski definition) is 4. The number of carbonyl (C=O) groups excluding carboxylic acids is 1. The lowest BCUT2D eigenvalue weighted by molar-refractivity contribution is -0.123. The van der Waals surface area contributed by atoms with E-state index in [0.29, 0.717) is 34.7 Å². The third kappa shape index (κ3) is 3.92. The number of carbonyl (C=O) groups is 1. The fourth-order valence-electron chi connectivity index (χ4n) is 3.84. The Labute approximate surface area is 187 Å². The molecular formula is C25H19ClN2O4. The predicted octanol–water partition coefficient (Wildman–Crippen LogP) is 4.82. The van der Waals surface area contributed by atoms with E-state index in [2.05, 4.69) is 10.3 Å². The second-order valence-corrected chi connectivity index (χ2v) is 7.92. The van der Waals surface area contributed by atoms with E-state index in [0.717, 1.165) is 27.2 Å². The predicted molar refractivity (Wildman–Crippen MR) is 126 cm³/mol. The maximum atomic E-state index is 12.2. The van der Waals surface area contributed by atoms with Crippen LogP contribution in [0.4, 0.5) is 0 Å². The van der Waals surface area contributed by atoms with Crippen LogP contribution < -0.4 is 15.7 Å². The SMILES string of the molecule is O=C(COc1ccc2c(c1)oc(=O)c1ccccc12)NCCc1c[nH]c2ccc(Cl)cc12. The zero-order valence-electron chi connectivity index (χ0n) is 17.0. The number of aromatic amines is 1. The average molecular weight is 447 g/mol. The Morgan fingerprint density at radius 1 is 1.00 bits per heavy atom. The van der Waals surface area contributed by atoms with Crippen LogP contribution in [0.2, 0.25) is 5.02 Å². The summed E-state index contributed by atoms with van der Waals surface area (Å²) >= 11 is 6.08. The molecule has 5 rings (SSSR count). The number of nitrogens with one attached hydrogen (secondary N) is 2. The van der Waals surface area contributed by atoms with Gasteiger partial charge in [-0.1, -0.05) is 29.8 Å². The summed E-state index contributed by atoms with van der Waals surface area (Å²) in [6, 6.07) is 18.2. The maximum absolute atomic E-state index is 12.2. The largest absolute Gasteiger partial charge is 0.484 e. The molecule has 0 spiro atoms. The third-order valence-electron chi connectivity index (χ3n) is 5.41. The molecule has 160 valence electrons. The Kier molecular flexibility index (Phi) is 5.29. The fourth-order valence-corrected chi connectivity index (χ4v) is 4.02. The van der Waals surface area contributed by atoms with Crippen LogP contribution in [0.25, 0.3) is 32.6 Å². The summed E-state index contributed by atoms with van der Waals surface area (Å²) in [5.74, 6) is 0.222. The number of benzene rings is 3. The molecule has 0 radical (unpaired) electrons. The van der Waals surface area contributed by atoms with Crippen LogP contribution in [0.5, 0.6) is 5.75 Å². The molecule has 0 aliphatic carbocycles. The van der Waals surface area contributed by atoms with Crippen molar-refractivity contribution in [1.29, 1.82) is 0 Å². The number of H-pyrrole nitrogens is 1. The number of hydrogen-bond donors (Lipinski definition) is 2. The monoisotopic (exact) mass is 446 g/mol. The molecule has 1 amide bonds. The van der Waals surface area contributed by atoms with E-state index in [1.807, 2.05) is 42.6 Å². The van der Waals surface area contributed by atoms with Crippen molar-refractivity contribution < 1.29 is 13.9 Å². The zero-order chi connectivity index (χ0) is 22.1. The Morgan fingerprint density at radius 3 is 2.72 bits per heavy atom. The summed E-state index contributed by atoms with van der Waals surface area (Å²) in [6.07, 6.45) is 2.59. The number of fused-ring (bicyclic) bond motifs is 4. The average Bonchev–Trinajstić information content (AvgIpc) is 3.20. The molecule has 32 heavy (non-hydrogen) atoms. The van der Waals surface area contributed by atoms with E-state index in [9.17, 15) is 9.59 Å². The zero-order valence-corrected chi connectivity index (χ0v) is 17.7. The highest BCUT2D eigenvalue weighted by molar-refractivity contribution is 6.31. The van der Waals surface area contributed by atoms with Crippen LogP contribution in [0, 0.1) is 0 Å².